The maximum atomic E-state index is 12.4. The van der Waals surface area contributed by atoms with Crippen molar-refractivity contribution in [3.63, 3.8) is 0 Å². The minimum Gasteiger partial charge on any atom is -0.462 e. The zero-order chi connectivity index (χ0) is 57.6. The molecule has 454 valence electrons. The standard InChI is InChI=1S/C75H124O5/c1-3-5-7-9-11-13-15-17-19-21-23-25-27-29-31-33-35-36-37-38-40-42-44-46-48-50-52-54-56-58-60-62-64-66-68-70-75(78)80-73(71-76)72-79-74(77)69-67-65-63-61-59-57-55-53-51-49-47-45-43-41-39-34-32-30-28-26-24-22-20-18-16-14-12-10-8-6-4-2/h5-8,11-14,17-20,23-26,29-32,35-36,38,40,73,76H,3-4,9-10,15-16,21-22,27-28,33-34,37,39,41-72H2,1-2H3/b7-5-,8-6-,13-11-,14-12-,19-17-,20-18-,25-23-,26-24-,31-29-,32-30-,36-35-,40-38-. The van der Waals surface area contributed by atoms with Crippen molar-refractivity contribution in [2.45, 2.75) is 302 Å². The fourth-order valence-corrected chi connectivity index (χ4v) is 9.21. The summed E-state index contributed by atoms with van der Waals surface area (Å²) in [6.45, 7) is 3.93. The molecule has 0 amide bonds. The third-order valence-corrected chi connectivity index (χ3v) is 14.1. The van der Waals surface area contributed by atoms with Crippen molar-refractivity contribution in [3.8, 4) is 0 Å². The normalized spacial score (nSPS) is 13.2. The minimum atomic E-state index is -0.782. The van der Waals surface area contributed by atoms with Crippen LogP contribution in [0.1, 0.15) is 296 Å². The molecule has 0 radical (unpaired) electrons. The second kappa shape index (κ2) is 69.1. The van der Waals surface area contributed by atoms with Crippen LogP contribution < -0.4 is 0 Å². The second-order valence-corrected chi connectivity index (χ2v) is 21.8. The van der Waals surface area contributed by atoms with Crippen LogP contribution in [-0.4, -0.2) is 36.4 Å². The fraction of sp³-hybridized carbons (Fsp3) is 0.653. The van der Waals surface area contributed by atoms with Gasteiger partial charge in [0, 0.05) is 12.8 Å². The van der Waals surface area contributed by atoms with Crippen molar-refractivity contribution < 1.29 is 24.2 Å². The monoisotopic (exact) mass is 1100 g/mol. The molecule has 0 aliphatic rings. The Balaban J connectivity index is 3.51. The van der Waals surface area contributed by atoms with Crippen molar-refractivity contribution in [2.24, 2.45) is 0 Å². The molecule has 1 unspecified atom stereocenters. The number of carbonyl (C=O) groups excluding carboxylic acids is 2. The maximum absolute atomic E-state index is 12.4. The molecule has 0 fully saturated rings. The predicted octanol–water partition coefficient (Wildman–Crippen LogP) is 23.3. The molecule has 0 spiro atoms. The van der Waals surface area contributed by atoms with Gasteiger partial charge in [-0.25, -0.2) is 0 Å². The molecule has 5 nitrogen and oxygen atoms in total. The number of hydrogen-bond donors (Lipinski definition) is 1. The molecule has 0 aromatic heterocycles. The number of allylic oxidation sites excluding steroid dienone is 24. The van der Waals surface area contributed by atoms with Gasteiger partial charge < -0.3 is 14.6 Å². The molecule has 0 saturated carbocycles. The van der Waals surface area contributed by atoms with Crippen molar-refractivity contribution in [1.82, 2.24) is 0 Å². The molecular formula is C75H124O5. The highest BCUT2D eigenvalue weighted by atomic mass is 16.6. The van der Waals surface area contributed by atoms with E-state index < -0.39 is 6.10 Å². The van der Waals surface area contributed by atoms with Crippen LogP contribution in [0, 0.1) is 0 Å². The highest BCUT2D eigenvalue weighted by molar-refractivity contribution is 5.70. The van der Waals surface area contributed by atoms with Gasteiger partial charge in [-0.1, -0.05) is 314 Å². The average molecular weight is 1110 g/mol. The van der Waals surface area contributed by atoms with Crippen LogP contribution in [0.2, 0.25) is 0 Å². The van der Waals surface area contributed by atoms with Gasteiger partial charge in [-0.05, 0) is 116 Å². The van der Waals surface area contributed by atoms with Gasteiger partial charge in [0.2, 0.25) is 0 Å². The molecule has 0 aliphatic heterocycles. The summed E-state index contributed by atoms with van der Waals surface area (Å²) >= 11 is 0. The smallest absolute Gasteiger partial charge is 0.306 e. The van der Waals surface area contributed by atoms with E-state index in [0.717, 1.165) is 116 Å². The zero-order valence-corrected chi connectivity index (χ0v) is 52.0. The van der Waals surface area contributed by atoms with E-state index >= 15 is 0 Å². The molecule has 80 heavy (non-hydrogen) atoms. The number of hydrogen-bond acceptors (Lipinski definition) is 5. The molecule has 0 aromatic carbocycles. The number of rotatable bonds is 60. The summed E-state index contributed by atoms with van der Waals surface area (Å²) in [4.78, 5) is 24.6. The van der Waals surface area contributed by atoms with E-state index in [1.54, 1.807) is 0 Å². The number of aliphatic hydroxyl groups is 1. The number of esters is 2. The molecule has 0 heterocycles. The van der Waals surface area contributed by atoms with Crippen LogP contribution in [0.5, 0.6) is 0 Å². The summed E-state index contributed by atoms with van der Waals surface area (Å²) in [5, 5.41) is 9.70. The van der Waals surface area contributed by atoms with E-state index in [2.05, 4.69) is 160 Å². The van der Waals surface area contributed by atoms with E-state index in [9.17, 15) is 14.7 Å². The van der Waals surface area contributed by atoms with E-state index in [0.29, 0.717) is 12.8 Å². The number of carbonyl (C=O) groups is 2. The number of unbranched alkanes of at least 4 members (excludes halogenated alkanes) is 28. The van der Waals surface area contributed by atoms with Gasteiger partial charge in [-0.2, -0.15) is 0 Å². The SMILES string of the molecule is CC/C=C\C/C=C\C/C=C\C/C=C\C/C=C\C/C=C\C/C=C\CCCCCCCCCCCCCCCC(=O)OC(CO)COC(=O)CCCCCCCCCCCCCCCCC/C=C\C/C=C\C/C=C\C/C=C\C/C=C\CC. The molecule has 0 aliphatic carbocycles. The van der Waals surface area contributed by atoms with Crippen molar-refractivity contribution in [1.29, 1.82) is 0 Å². The summed E-state index contributed by atoms with van der Waals surface area (Å²) in [5.41, 5.74) is 0. The second-order valence-electron chi connectivity index (χ2n) is 21.8. The molecule has 5 heteroatoms. The Kier molecular flexibility index (Phi) is 65.4. The van der Waals surface area contributed by atoms with Crippen molar-refractivity contribution in [2.75, 3.05) is 13.2 Å². The van der Waals surface area contributed by atoms with Gasteiger partial charge in [-0.15, -0.1) is 0 Å². The van der Waals surface area contributed by atoms with Gasteiger partial charge >= 0.3 is 11.9 Å². The van der Waals surface area contributed by atoms with Gasteiger partial charge in [0.15, 0.2) is 6.10 Å². The van der Waals surface area contributed by atoms with Gasteiger partial charge in [-0.3, -0.25) is 9.59 Å². The average Bonchev–Trinajstić information content (AvgIpc) is 3.46. The topological polar surface area (TPSA) is 72.8 Å². The zero-order valence-electron chi connectivity index (χ0n) is 52.0. The Morgan fingerprint density at radius 2 is 0.500 bits per heavy atom. The first kappa shape index (κ1) is 75.8. The van der Waals surface area contributed by atoms with Crippen LogP contribution in [0.4, 0.5) is 0 Å². The van der Waals surface area contributed by atoms with E-state index in [1.165, 1.54) is 154 Å². The third kappa shape index (κ3) is 66.3. The van der Waals surface area contributed by atoms with Crippen LogP contribution in [0.15, 0.2) is 146 Å². The van der Waals surface area contributed by atoms with E-state index in [-0.39, 0.29) is 25.2 Å². The Hall–Kier alpha value is -4.22. The van der Waals surface area contributed by atoms with Crippen LogP contribution in [-0.2, 0) is 19.1 Å². The lowest BCUT2D eigenvalue weighted by molar-refractivity contribution is -0.161. The molecule has 1 N–H and O–H groups in total. The molecule has 1 atom stereocenters. The summed E-state index contributed by atoms with van der Waals surface area (Å²) < 4.78 is 10.8. The first-order valence-electron chi connectivity index (χ1n) is 33.4. The highest BCUT2D eigenvalue weighted by Crippen LogP contribution is 2.17. The summed E-state index contributed by atoms with van der Waals surface area (Å²) in [5.74, 6) is -0.590. The summed E-state index contributed by atoms with van der Waals surface area (Å²) in [7, 11) is 0. The molecule has 0 rings (SSSR count). The molecule has 0 bridgehead atoms. The summed E-state index contributed by atoms with van der Waals surface area (Å²) in [6.07, 6.45) is 104. The fourth-order valence-electron chi connectivity index (χ4n) is 9.21. The Morgan fingerprint density at radius 3 is 0.750 bits per heavy atom. The first-order chi connectivity index (χ1) is 39.6. The minimum absolute atomic E-state index is 0.0715. The van der Waals surface area contributed by atoms with Crippen LogP contribution >= 0.6 is 0 Å². The predicted molar refractivity (Wildman–Crippen MR) is 352 cm³/mol. The van der Waals surface area contributed by atoms with E-state index in [4.69, 9.17) is 9.47 Å². The summed E-state index contributed by atoms with van der Waals surface area (Å²) in [6, 6.07) is 0. The Bertz CT molecular complexity index is 1680. The lowest BCUT2D eigenvalue weighted by Gasteiger charge is -2.15. The third-order valence-electron chi connectivity index (χ3n) is 14.1. The number of aliphatic hydroxyl groups excluding tert-OH is 1. The molecular weight excluding hydrogens is 981 g/mol. The molecule has 0 aromatic rings. The Morgan fingerprint density at radius 1 is 0.287 bits per heavy atom. The quantitative estimate of drug-likeness (QED) is 0.0373. The highest BCUT2D eigenvalue weighted by Gasteiger charge is 2.16. The number of ether oxygens (including phenoxy) is 2. The largest absolute Gasteiger partial charge is 0.462 e. The van der Waals surface area contributed by atoms with Crippen LogP contribution in [0.3, 0.4) is 0 Å². The molecule has 0 saturated heterocycles. The lowest BCUT2D eigenvalue weighted by Crippen LogP contribution is -2.28. The van der Waals surface area contributed by atoms with Crippen LogP contribution in [0.25, 0.3) is 0 Å². The van der Waals surface area contributed by atoms with Gasteiger partial charge in [0.1, 0.15) is 6.61 Å². The lowest BCUT2D eigenvalue weighted by atomic mass is 10.0. The maximum Gasteiger partial charge on any atom is 0.306 e. The van der Waals surface area contributed by atoms with Gasteiger partial charge in [0.25, 0.3) is 0 Å². The van der Waals surface area contributed by atoms with Gasteiger partial charge in [0.05, 0.1) is 6.61 Å². The van der Waals surface area contributed by atoms with Crippen molar-refractivity contribution >= 4 is 11.9 Å². The van der Waals surface area contributed by atoms with E-state index in [1.807, 2.05) is 0 Å². The van der Waals surface area contributed by atoms with Crippen molar-refractivity contribution in [3.05, 3.63) is 146 Å². The Labute approximate surface area is 495 Å². The first-order valence-corrected chi connectivity index (χ1v) is 33.4.